The van der Waals surface area contributed by atoms with Crippen molar-refractivity contribution in [3.8, 4) is 28.8 Å². The molecule has 0 unspecified atom stereocenters. The Hall–Kier alpha value is -3.86. The molecule has 4 N–H and O–H groups in total. The number of halogens is 1. The Morgan fingerprint density at radius 1 is 1.07 bits per heavy atom. The zero-order valence-electron chi connectivity index (χ0n) is 15.1. The summed E-state index contributed by atoms with van der Waals surface area (Å²) in [6.07, 6.45) is 0. The highest BCUT2D eigenvalue weighted by Gasteiger charge is 2.16. The summed E-state index contributed by atoms with van der Waals surface area (Å²) in [5, 5.41) is 9.37. The molecule has 0 amide bonds. The number of aromatic nitrogens is 2. The maximum atomic E-state index is 13.8. The van der Waals surface area contributed by atoms with Crippen LogP contribution in [-0.4, -0.2) is 16.6 Å². The number of hydrogen-bond donors (Lipinski definition) is 2. The van der Waals surface area contributed by atoms with Crippen LogP contribution in [0.5, 0.6) is 11.5 Å². The quantitative estimate of drug-likeness (QED) is 0.674. The second-order valence-electron chi connectivity index (χ2n) is 5.78. The summed E-state index contributed by atoms with van der Waals surface area (Å²) in [4.78, 5) is 7.94. The van der Waals surface area contributed by atoms with E-state index in [-0.39, 0.29) is 29.8 Å². The fraction of sp³-hybridized carbons (Fsp3) is 0.150. The van der Waals surface area contributed by atoms with Crippen molar-refractivity contribution in [1.82, 2.24) is 9.97 Å². The van der Waals surface area contributed by atoms with Crippen molar-refractivity contribution in [3.05, 3.63) is 59.4 Å². The average Bonchev–Trinajstić information content (AvgIpc) is 2.68. The number of nitrogens with zero attached hydrogens (tertiary/aromatic N) is 3. The maximum Gasteiger partial charge on any atom is 0.222 e. The van der Waals surface area contributed by atoms with Crippen LogP contribution in [0.2, 0.25) is 0 Å². The Balaban J connectivity index is 1.96. The summed E-state index contributed by atoms with van der Waals surface area (Å²) >= 11 is 0. The van der Waals surface area contributed by atoms with Gasteiger partial charge in [0.05, 0.1) is 12.3 Å². The molecule has 1 heterocycles. The van der Waals surface area contributed by atoms with Crippen molar-refractivity contribution < 1.29 is 13.9 Å². The van der Waals surface area contributed by atoms with Crippen LogP contribution < -0.4 is 20.9 Å². The molecule has 7 nitrogen and oxygen atoms in total. The first-order valence-electron chi connectivity index (χ1n) is 8.50. The third-order valence-electron chi connectivity index (χ3n) is 3.92. The van der Waals surface area contributed by atoms with Gasteiger partial charge in [-0.1, -0.05) is 18.2 Å². The molecule has 28 heavy (non-hydrogen) atoms. The van der Waals surface area contributed by atoms with Crippen LogP contribution in [0.1, 0.15) is 18.1 Å². The van der Waals surface area contributed by atoms with Crippen LogP contribution in [0.25, 0.3) is 11.3 Å². The zero-order chi connectivity index (χ0) is 20.1. The second-order valence-corrected chi connectivity index (χ2v) is 5.78. The van der Waals surface area contributed by atoms with Gasteiger partial charge < -0.3 is 20.9 Å². The molecule has 0 aliphatic rings. The van der Waals surface area contributed by atoms with Gasteiger partial charge in [0.15, 0.2) is 11.5 Å². The molecule has 0 aliphatic heterocycles. The summed E-state index contributed by atoms with van der Waals surface area (Å²) in [7, 11) is 0. The van der Waals surface area contributed by atoms with Gasteiger partial charge in [0.2, 0.25) is 5.95 Å². The van der Waals surface area contributed by atoms with E-state index in [2.05, 4.69) is 9.97 Å². The zero-order valence-corrected chi connectivity index (χ0v) is 15.1. The molecule has 2 aromatic carbocycles. The number of nitriles is 1. The highest BCUT2D eigenvalue weighted by molar-refractivity contribution is 5.74. The van der Waals surface area contributed by atoms with E-state index in [0.29, 0.717) is 34.9 Å². The average molecular weight is 379 g/mol. The first kappa shape index (κ1) is 18.9. The predicted octanol–water partition coefficient (Wildman–Crippen LogP) is 3.30. The molecule has 0 aliphatic carbocycles. The van der Waals surface area contributed by atoms with Crippen LogP contribution in [0.15, 0.2) is 42.5 Å². The molecule has 0 saturated carbocycles. The lowest BCUT2D eigenvalue weighted by Crippen LogP contribution is -2.05. The Kier molecular flexibility index (Phi) is 5.56. The van der Waals surface area contributed by atoms with Crippen molar-refractivity contribution in [3.63, 3.8) is 0 Å². The number of nitrogens with two attached hydrogens (primary N) is 2. The van der Waals surface area contributed by atoms with E-state index in [9.17, 15) is 9.65 Å². The number of hydrogen-bond acceptors (Lipinski definition) is 7. The molecule has 0 radical (unpaired) electrons. The third kappa shape index (κ3) is 3.94. The molecule has 142 valence electrons. The molecule has 8 heteroatoms. The van der Waals surface area contributed by atoms with Gasteiger partial charge >= 0.3 is 0 Å². The summed E-state index contributed by atoms with van der Waals surface area (Å²) in [5.41, 5.74) is 12.9. The number of nitrogen functional groups attached to an aromatic ring is 2. The molecule has 3 rings (SSSR count). The van der Waals surface area contributed by atoms with Gasteiger partial charge in [-0.3, -0.25) is 0 Å². The van der Waals surface area contributed by atoms with Crippen LogP contribution in [-0.2, 0) is 6.61 Å². The van der Waals surface area contributed by atoms with Crippen LogP contribution >= 0.6 is 0 Å². The molecule has 0 fully saturated rings. The summed E-state index contributed by atoms with van der Waals surface area (Å²) in [6, 6.07) is 13.4. The minimum atomic E-state index is -0.345. The number of benzene rings is 2. The summed E-state index contributed by atoms with van der Waals surface area (Å²) in [5.74, 6) is 0.480. The van der Waals surface area contributed by atoms with Crippen molar-refractivity contribution in [2.24, 2.45) is 0 Å². The molecule has 0 bridgehead atoms. The molecule has 0 spiro atoms. The van der Waals surface area contributed by atoms with E-state index in [1.807, 2.05) is 13.0 Å². The molecule has 0 atom stereocenters. The van der Waals surface area contributed by atoms with E-state index in [1.54, 1.807) is 36.4 Å². The third-order valence-corrected chi connectivity index (χ3v) is 3.92. The minimum Gasteiger partial charge on any atom is -0.490 e. The SMILES string of the molecule is CCOc1cc(-c2nc(N)nc(N)c2C#N)ccc1OCc1ccccc1F. The van der Waals surface area contributed by atoms with Crippen LogP contribution in [0, 0.1) is 17.1 Å². The predicted molar refractivity (Wildman–Crippen MR) is 103 cm³/mol. The molecular formula is C20H18FN5O2. The number of anilines is 2. The van der Waals surface area contributed by atoms with E-state index in [0.717, 1.165) is 0 Å². The standard InChI is InChI=1S/C20H18FN5O2/c1-2-27-17-9-12(18-14(10-22)19(23)26-20(24)25-18)7-8-16(17)28-11-13-5-3-4-6-15(13)21/h3-9H,2,11H2,1H3,(H4,23,24,25,26). The van der Waals surface area contributed by atoms with Crippen LogP contribution in [0.4, 0.5) is 16.2 Å². The van der Waals surface area contributed by atoms with Crippen molar-refractivity contribution in [2.75, 3.05) is 18.1 Å². The minimum absolute atomic E-state index is 0.00263. The summed E-state index contributed by atoms with van der Waals surface area (Å²) in [6.45, 7) is 2.26. The lowest BCUT2D eigenvalue weighted by molar-refractivity contribution is 0.266. The fourth-order valence-electron chi connectivity index (χ4n) is 2.63. The summed E-state index contributed by atoms with van der Waals surface area (Å²) < 4.78 is 25.2. The first-order valence-corrected chi connectivity index (χ1v) is 8.50. The number of rotatable bonds is 6. The van der Waals surface area contributed by atoms with Crippen LogP contribution in [0.3, 0.4) is 0 Å². The second kappa shape index (κ2) is 8.22. The normalized spacial score (nSPS) is 10.3. The Bertz CT molecular complexity index is 1050. The highest BCUT2D eigenvalue weighted by atomic mass is 19.1. The lowest BCUT2D eigenvalue weighted by Gasteiger charge is -2.14. The van der Waals surface area contributed by atoms with Gasteiger partial charge in [-0.25, -0.2) is 9.37 Å². The van der Waals surface area contributed by atoms with E-state index in [4.69, 9.17) is 20.9 Å². The smallest absolute Gasteiger partial charge is 0.222 e. The highest BCUT2D eigenvalue weighted by Crippen LogP contribution is 2.35. The Morgan fingerprint density at radius 3 is 2.57 bits per heavy atom. The molecular weight excluding hydrogens is 361 g/mol. The largest absolute Gasteiger partial charge is 0.490 e. The lowest BCUT2D eigenvalue weighted by atomic mass is 10.1. The Labute approximate surface area is 161 Å². The maximum absolute atomic E-state index is 13.8. The fourth-order valence-corrected chi connectivity index (χ4v) is 2.63. The van der Waals surface area contributed by atoms with Gasteiger partial charge in [0.1, 0.15) is 29.9 Å². The number of ether oxygens (including phenoxy) is 2. The van der Waals surface area contributed by atoms with E-state index in [1.165, 1.54) is 6.07 Å². The van der Waals surface area contributed by atoms with Gasteiger partial charge in [-0.2, -0.15) is 10.2 Å². The van der Waals surface area contributed by atoms with Crippen molar-refractivity contribution in [1.29, 1.82) is 5.26 Å². The van der Waals surface area contributed by atoms with E-state index < -0.39 is 0 Å². The van der Waals surface area contributed by atoms with Gasteiger partial charge in [0.25, 0.3) is 0 Å². The molecule has 1 aromatic heterocycles. The monoisotopic (exact) mass is 379 g/mol. The van der Waals surface area contributed by atoms with Crippen molar-refractivity contribution >= 4 is 11.8 Å². The van der Waals surface area contributed by atoms with Gasteiger partial charge in [-0.05, 0) is 31.2 Å². The van der Waals surface area contributed by atoms with Gasteiger partial charge in [0, 0.05) is 11.1 Å². The van der Waals surface area contributed by atoms with E-state index >= 15 is 0 Å². The molecule has 3 aromatic rings. The topological polar surface area (TPSA) is 120 Å². The first-order chi connectivity index (χ1) is 13.5. The molecule has 0 saturated heterocycles. The Morgan fingerprint density at radius 2 is 1.86 bits per heavy atom. The van der Waals surface area contributed by atoms with Crippen molar-refractivity contribution in [2.45, 2.75) is 13.5 Å². The van der Waals surface area contributed by atoms with Gasteiger partial charge in [-0.15, -0.1) is 0 Å².